The van der Waals surface area contributed by atoms with Crippen LogP contribution in [0, 0.1) is 0 Å². The average molecular weight is 413 g/mol. The van der Waals surface area contributed by atoms with Gasteiger partial charge in [-0.3, -0.25) is 4.79 Å². The second kappa shape index (κ2) is 9.82. The molecule has 0 aliphatic heterocycles. The third kappa shape index (κ3) is 6.27. The molecule has 7 nitrogen and oxygen atoms in total. The fraction of sp³-hybridized carbons (Fsp3) is 0.304. The van der Waals surface area contributed by atoms with Gasteiger partial charge in [-0.15, -0.1) is 0 Å². The molecular weight excluding hydrogens is 386 g/mol. The summed E-state index contributed by atoms with van der Waals surface area (Å²) < 4.78 is 15.3. The number of anilines is 1. The zero-order chi connectivity index (χ0) is 22.3. The molecule has 0 saturated carbocycles. The zero-order valence-corrected chi connectivity index (χ0v) is 17.8. The summed E-state index contributed by atoms with van der Waals surface area (Å²) in [5.41, 5.74) is 2.08. The molecule has 160 valence electrons. The highest BCUT2D eigenvalue weighted by atomic mass is 16.5. The number of methoxy groups -OCH3 is 2. The third-order valence-electron chi connectivity index (χ3n) is 4.30. The second-order valence-corrected chi connectivity index (χ2v) is 7.59. The molecule has 0 fully saturated rings. The first kappa shape index (κ1) is 22.8. The number of phenols is 1. The maximum atomic E-state index is 12.2. The van der Waals surface area contributed by atoms with Crippen molar-refractivity contribution in [1.82, 2.24) is 0 Å². The summed E-state index contributed by atoms with van der Waals surface area (Å²) in [6.07, 6.45) is 2.69. The number of benzene rings is 2. The Bertz CT molecular complexity index is 943. The number of rotatable bonds is 7. The van der Waals surface area contributed by atoms with Crippen molar-refractivity contribution >= 4 is 23.6 Å². The minimum atomic E-state index is -0.674. The molecule has 0 saturated heterocycles. The van der Waals surface area contributed by atoms with Crippen molar-refractivity contribution in [3.05, 3.63) is 53.6 Å². The fourth-order valence-corrected chi connectivity index (χ4v) is 2.61. The van der Waals surface area contributed by atoms with Crippen LogP contribution in [0.2, 0.25) is 0 Å². The average Bonchev–Trinajstić information content (AvgIpc) is 2.70. The van der Waals surface area contributed by atoms with E-state index in [2.05, 4.69) is 26.1 Å². The van der Waals surface area contributed by atoms with Gasteiger partial charge >= 0.3 is 5.97 Å². The Morgan fingerprint density at radius 1 is 1.03 bits per heavy atom. The molecule has 0 radical (unpaired) electrons. The van der Waals surface area contributed by atoms with Crippen LogP contribution in [0.4, 0.5) is 5.69 Å². The lowest BCUT2D eigenvalue weighted by Gasteiger charge is -2.21. The number of hydrogen-bond donors (Lipinski definition) is 2. The van der Waals surface area contributed by atoms with Gasteiger partial charge in [0.25, 0.3) is 5.91 Å². The van der Waals surface area contributed by atoms with Crippen LogP contribution in [0.25, 0.3) is 6.08 Å². The lowest BCUT2D eigenvalue weighted by Crippen LogP contribution is -2.21. The van der Waals surface area contributed by atoms with E-state index in [4.69, 9.17) is 14.2 Å². The van der Waals surface area contributed by atoms with Crippen LogP contribution in [0.15, 0.2) is 42.5 Å². The molecule has 0 aromatic heterocycles. The highest BCUT2D eigenvalue weighted by molar-refractivity contribution is 5.95. The van der Waals surface area contributed by atoms with Gasteiger partial charge in [-0.25, -0.2) is 4.79 Å². The van der Waals surface area contributed by atoms with Crippen molar-refractivity contribution in [3.63, 3.8) is 0 Å². The molecule has 0 bridgehead atoms. The summed E-state index contributed by atoms with van der Waals surface area (Å²) in [6, 6.07) is 10.2. The molecule has 0 aliphatic rings. The van der Waals surface area contributed by atoms with Crippen LogP contribution in [0.5, 0.6) is 17.2 Å². The van der Waals surface area contributed by atoms with E-state index >= 15 is 0 Å². The maximum absolute atomic E-state index is 12.2. The molecule has 0 aliphatic carbocycles. The monoisotopic (exact) mass is 413 g/mol. The molecule has 0 unspecified atom stereocenters. The largest absolute Gasteiger partial charge is 0.504 e. The molecule has 2 N–H and O–H groups in total. The minimum Gasteiger partial charge on any atom is -0.504 e. The van der Waals surface area contributed by atoms with E-state index in [0.29, 0.717) is 17.0 Å². The number of phenolic OH excluding ortho intramolecular Hbond substituents is 1. The number of esters is 1. The number of hydrogen-bond acceptors (Lipinski definition) is 6. The van der Waals surface area contributed by atoms with Crippen molar-refractivity contribution in [2.75, 3.05) is 26.1 Å². The Kier molecular flexibility index (Phi) is 7.47. The summed E-state index contributed by atoms with van der Waals surface area (Å²) in [6.45, 7) is 5.76. The Hall–Kier alpha value is -3.48. The number of carbonyl (C=O) groups excluding carboxylic acids is 2. The summed E-state index contributed by atoms with van der Waals surface area (Å²) in [5, 5.41) is 12.3. The van der Waals surface area contributed by atoms with E-state index < -0.39 is 18.5 Å². The lowest BCUT2D eigenvalue weighted by molar-refractivity contribution is -0.142. The Balaban J connectivity index is 1.97. The minimum absolute atomic E-state index is 0.000134. The van der Waals surface area contributed by atoms with Gasteiger partial charge in [-0.2, -0.15) is 0 Å². The van der Waals surface area contributed by atoms with Crippen LogP contribution >= 0.6 is 0 Å². The molecule has 7 heteroatoms. The molecule has 2 aromatic carbocycles. The van der Waals surface area contributed by atoms with Crippen molar-refractivity contribution in [1.29, 1.82) is 0 Å². The molecule has 1 amide bonds. The normalized spacial score (nSPS) is 11.2. The quantitative estimate of drug-likeness (QED) is 0.528. The third-order valence-corrected chi connectivity index (χ3v) is 4.30. The van der Waals surface area contributed by atoms with Gasteiger partial charge in [0.05, 0.1) is 19.9 Å². The molecule has 0 spiro atoms. The SMILES string of the molecule is COc1cc(C=CC(=O)OCC(=O)Nc2cc(C(C)(C)C)ccc2OC)ccc1O. The number of amides is 1. The summed E-state index contributed by atoms with van der Waals surface area (Å²) >= 11 is 0. The fourth-order valence-electron chi connectivity index (χ4n) is 2.61. The molecule has 2 rings (SSSR count). The standard InChI is InChI=1S/C23H27NO6/c1-23(2,3)16-8-10-19(28-4)17(13-16)24-21(26)14-30-22(27)11-7-15-6-9-18(25)20(12-15)29-5/h6-13,25H,14H2,1-5H3,(H,24,26). The first-order valence-corrected chi connectivity index (χ1v) is 9.34. The topological polar surface area (TPSA) is 94.1 Å². The van der Waals surface area contributed by atoms with Crippen LogP contribution in [0.3, 0.4) is 0 Å². The second-order valence-electron chi connectivity index (χ2n) is 7.59. The highest BCUT2D eigenvalue weighted by Crippen LogP contribution is 2.31. The number of carbonyl (C=O) groups is 2. The van der Waals surface area contributed by atoms with Gasteiger partial charge < -0.3 is 24.6 Å². The van der Waals surface area contributed by atoms with E-state index in [1.807, 2.05) is 12.1 Å². The van der Waals surface area contributed by atoms with Gasteiger partial charge in [-0.05, 0) is 46.9 Å². The summed E-state index contributed by atoms with van der Waals surface area (Å²) in [7, 11) is 2.95. The predicted octanol–water partition coefficient (Wildman–Crippen LogP) is 3.90. The number of ether oxygens (including phenoxy) is 3. The Morgan fingerprint density at radius 3 is 2.37 bits per heavy atom. The van der Waals surface area contributed by atoms with Gasteiger partial charge in [0, 0.05) is 6.08 Å². The van der Waals surface area contributed by atoms with Gasteiger partial charge in [-0.1, -0.05) is 32.9 Å². The number of nitrogens with one attached hydrogen (secondary N) is 1. The van der Waals surface area contributed by atoms with E-state index in [0.717, 1.165) is 5.56 Å². The smallest absolute Gasteiger partial charge is 0.331 e. The van der Waals surface area contributed by atoms with E-state index in [1.54, 1.807) is 18.2 Å². The molecule has 30 heavy (non-hydrogen) atoms. The van der Waals surface area contributed by atoms with Crippen LogP contribution in [0.1, 0.15) is 31.9 Å². The molecular formula is C23H27NO6. The van der Waals surface area contributed by atoms with Crippen molar-refractivity contribution in [2.24, 2.45) is 0 Å². The highest BCUT2D eigenvalue weighted by Gasteiger charge is 2.17. The summed E-state index contributed by atoms with van der Waals surface area (Å²) in [4.78, 5) is 24.1. The molecule has 0 heterocycles. The maximum Gasteiger partial charge on any atom is 0.331 e. The van der Waals surface area contributed by atoms with Crippen LogP contribution in [-0.2, 0) is 19.7 Å². The van der Waals surface area contributed by atoms with Crippen LogP contribution < -0.4 is 14.8 Å². The van der Waals surface area contributed by atoms with Gasteiger partial charge in [0.2, 0.25) is 0 Å². The zero-order valence-electron chi connectivity index (χ0n) is 17.8. The summed E-state index contributed by atoms with van der Waals surface area (Å²) in [5.74, 6) is -0.347. The van der Waals surface area contributed by atoms with Crippen molar-refractivity contribution in [2.45, 2.75) is 26.2 Å². The van der Waals surface area contributed by atoms with Gasteiger partial charge in [0.1, 0.15) is 5.75 Å². The van der Waals surface area contributed by atoms with Crippen molar-refractivity contribution < 1.29 is 28.9 Å². The Morgan fingerprint density at radius 2 is 1.73 bits per heavy atom. The predicted molar refractivity (Wildman–Crippen MR) is 115 cm³/mol. The molecule has 2 aromatic rings. The number of aromatic hydroxyl groups is 1. The van der Waals surface area contributed by atoms with E-state index in [9.17, 15) is 14.7 Å². The first-order valence-electron chi connectivity index (χ1n) is 9.34. The van der Waals surface area contributed by atoms with E-state index in [-0.39, 0.29) is 16.9 Å². The van der Waals surface area contributed by atoms with Gasteiger partial charge in [0.15, 0.2) is 18.1 Å². The Labute approximate surface area is 176 Å². The first-order chi connectivity index (χ1) is 14.1. The van der Waals surface area contributed by atoms with E-state index in [1.165, 1.54) is 32.4 Å². The van der Waals surface area contributed by atoms with Crippen LogP contribution in [-0.4, -0.2) is 37.8 Å². The lowest BCUT2D eigenvalue weighted by atomic mass is 9.87. The molecule has 0 atom stereocenters. The van der Waals surface area contributed by atoms with Crippen molar-refractivity contribution in [3.8, 4) is 17.2 Å².